The molecule has 0 aliphatic heterocycles. The zero-order chi connectivity index (χ0) is 12.8. The first-order valence-corrected chi connectivity index (χ1v) is 5.56. The predicted molar refractivity (Wildman–Crippen MR) is 62.6 cm³/mol. The molecule has 0 spiro atoms. The minimum atomic E-state index is -0.558. The van der Waals surface area contributed by atoms with Crippen LogP contribution in [0.15, 0.2) is 0 Å². The fourth-order valence-corrected chi connectivity index (χ4v) is 0.957. The van der Waals surface area contributed by atoms with Gasteiger partial charge in [-0.1, -0.05) is 0 Å². The summed E-state index contributed by atoms with van der Waals surface area (Å²) in [5.74, 6) is 0.0936. The van der Waals surface area contributed by atoms with Gasteiger partial charge in [0.2, 0.25) is 5.91 Å². The molecule has 16 heavy (non-hydrogen) atoms. The second kappa shape index (κ2) is 6.58. The Bertz CT molecular complexity index is 251. The third kappa shape index (κ3) is 7.34. The number of rotatable bonds is 4. The van der Waals surface area contributed by atoms with E-state index in [9.17, 15) is 9.59 Å². The van der Waals surface area contributed by atoms with E-state index in [4.69, 9.17) is 16.3 Å². The Morgan fingerprint density at radius 2 is 1.94 bits per heavy atom. The molecule has 0 rings (SSSR count). The van der Waals surface area contributed by atoms with E-state index in [0.717, 1.165) is 0 Å². The van der Waals surface area contributed by atoms with Crippen molar-refractivity contribution in [3.05, 3.63) is 0 Å². The first-order chi connectivity index (χ1) is 7.26. The van der Waals surface area contributed by atoms with Crippen LogP contribution in [0.5, 0.6) is 0 Å². The van der Waals surface area contributed by atoms with E-state index in [1.165, 1.54) is 11.9 Å². The van der Waals surface area contributed by atoms with Gasteiger partial charge in [0, 0.05) is 19.5 Å². The molecule has 0 unspecified atom stereocenters. The average molecular weight is 251 g/mol. The van der Waals surface area contributed by atoms with Crippen LogP contribution in [0.1, 0.15) is 20.8 Å². The van der Waals surface area contributed by atoms with E-state index < -0.39 is 11.7 Å². The highest BCUT2D eigenvalue weighted by atomic mass is 35.5. The number of amides is 2. The lowest BCUT2D eigenvalue weighted by molar-refractivity contribution is -0.121. The summed E-state index contributed by atoms with van der Waals surface area (Å²) < 4.78 is 5.09. The van der Waals surface area contributed by atoms with Crippen molar-refractivity contribution < 1.29 is 14.3 Å². The van der Waals surface area contributed by atoms with Crippen LogP contribution >= 0.6 is 11.6 Å². The van der Waals surface area contributed by atoms with Gasteiger partial charge >= 0.3 is 6.09 Å². The van der Waals surface area contributed by atoms with Gasteiger partial charge in [-0.2, -0.15) is 0 Å². The number of hydrogen-bond donors (Lipinski definition) is 1. The molecule has 0 saturated carbocycles. The molecule has 0 radical (unpaired) electrons. The molecule has 0 aromatic heterocycles. The Morgan fingerprint density at radius 3 is 2.38 bits per heavy atom. The van der Waals surface area contributed by atoms with Crippen molar-refractivity contribution in [2.45, 2.75) is 26.4 Å². The molecule has 94 valence electrons. The van der Waals surface area contributed by atoms with Crippen LogP contribution in [-0.2, 0) is 9.53 Å². The summed E-state index contributed by atoms with van der Waals surface area (Å²) in [4.78, 5) is 23.9. The number of hydrogen-bond acceptors (Lipinski definition) is 3. The number of likely N-dealkylation sites (N-methyl/N-ethyl adjacent to an activating group) is 1. The molecule has 0 aromatic rings. The van der Waals surface area contributed by atoms with E-state index >= 15 is 0 Å². The largest absolute Gasteiger partial charge is 0.444 e. The third-order valence-corrected chi connectivity index (χ3v) is 1.69. The molecule has 0 saturated heterocycles. The second-order valence-corrected chi connectivity index (χ2v) is 4.75. The molecule has 0 aliphatic carbocycles. The highest BCUT2D eigenvalue weighted by molar-refractivity contribution is 6.18. The van der Waals surface area contributed by atoms with Gasteiger partial charge in [-0.3, -0.25) is 4.79 Å². The molecule has 0 aliphatic rings. The predicted octanol–water partition coefficient (Wildman–Crippen LogP) is 1.21. The number of carbonyl (C=O) groups is 2. The summed E-state index contributed by atoms with van der Waals surface area (Å²) in [5, 5.41) is 2.56. The molecule has 0 fully saturated rings. The van der Waals surface area contributed by atoms with Crippen LogP contribution < -0.4 is 5.32 Å². The molecule has 0 aromatic carbocycles. The number of carbonyl (C=O) groups excluding carboxylic acids is 2. The standard InChI is InChI=1S/C10H19ClN2O3/c1-10(2,3)16-9(15)13(4)7-8(14)12-6-5-11/h5-7H2,1-4H3,(H,12,14). The van der Waals surface area contributed by atoms with Crippen molar-refractivity contribution >= 4 is 23.6 Å². The van der Waals surface area contributed by atoms with E-state index in [1.807, 2.05) is 0 Å². The maximum absolute atomic E-state index is 11.5. The lowest BCUT2D eigenvalue weighted by Gasteiger charge is -2.24. The van der Waals surface area contributed by atoms with Crippen LogP contribution in [0.2, 0.25) is 0 Å². The summed E-state index contributed by atoms with van der Waals surface area (Å²) >= 11 is 5.41. The van der Waals surface area contributed by atoms with Gasteiger partial charge in [0.05, 0.1) is 0 Å². The van der Waals surface area contributed by atoms with Crippen LogP contribution in [0.4, 0.5) is 4.79 Å². The quantitative estimate of drug-likeness (QED) is 0.763. The number of nitrogens with zero attached hydrogens (tertiary/aromatic N) is 1. The number of halogens is 1. The van der Waals surface area contributed by atoms with Gasteiger partial charge in [0.25, 0.3) is 0 Å². The summed E-state index contributed by atoms with van der Waals surface area (Å²) in [7, 11) is 1.51. The monoisotopic (exact) mass is 250 g/mol. The topological polar surface area (TPSA) is 58.6 Å². The average Bonchev–Trinajstić information content (AvgIpc) is 2.11. The minimum Gasteiger partial charge on any atom is -0.444 e. The van der Waals surface area contributed by atoms with Gasteiger partial charge in [0.1, 0.15) is 12.1 Å². The van der Waals surface area contributed by atoms with E-state index in [-0.39, 0.29) is 12.5 Å². The molecule has 2 amide bonds. The fraction of sp³-hybridized carbons (Fsp3) is 0.800. The smallest absolute Gasteiger partial charge is 0.410 e. The zero-order valence-electron chi connectivity index (χ0n) is 10.2. The number of ether oxygens (including phenoxy) is 1. The second-order valence-electron chi connectivity index (χ2n) is 4.38. The van der Waals surface area contributed by atoms with E-state index in [2.05, 4.69) is 5.32 Å². The van der Waals surface area contributed by atoms with Crippen molar-refractivity contribution in [3.8, 4) is 0 Å². The summed E-state index contributed by atoms with van der Waals surface area (Å²) in [6, 6.07) is 0. The first kappa shape index (κ1) is 15.0. The third-order valence-electron chi connectivity index (χ3n) is 1.50. The Balaban J connectivity index is 4.01. The molecule has 0 atom stereocenters. The van der Waals surface area contributed by atoms with Crippen LogP contribution in [0.25, 0.3) is 0 Å². The lowest BCUT2D eigenvalue weighted by Crippen LogP contribution is -2.41. The van der Waals surface area contributed by atoms with Gasteiger partial charge in [-0.15, -0.1) is 11.6 Å². The fourth-order valence-electron chi connectivity index (χ4n) is 0.862. The summed E-state index contributed by atoms with van der Waals surface area (Å²) in [6.45, 7) is 5.67. The first-order valence-electron chi connectivity index (χ1n) is 5.03. The van der Waals surface area contributed by atoms with Crippen LogP contribution in [0, 0.1) is 0 Å². The van der Waals surface area contributed by atoms with Crippen LogP contribution in [-0.4, -0.2) is 48.5 Å². The SMILES string of the molecule is CN(CC(=O)NCCCl)C(=O)OC(C)(C)C. The van der Waals surface area contributed by atoms with Crippen molar-refractivity contribution in [2.75, 3.05) is 26.0 Å². The number of alkyl halides is 1. The van der Waals surface area contributed by atoms with Gasteiger partial charge in [-0.05, 0) is 20.8 Å². The zero-order valence-corrected chi connectivity index (χ0v) is 10.9. The maximum atomic E-state index is 11.5. The molecule has 5 nitrogen and oxygen atoms in total. The Hall–Kier alpha value is -0.970. The molecular formula is C10H19ClN2O3. The van der Waals surface area contributed by atoms with Gasteiger partial charge in [-0.25, -0.2) is 4.79 Å². The molecular weight excluding hydrogens is 232 g/mol. The highest BCUT2D eigenvalue weighted by Gasteiger charge is 2.20. The maximum Gasteiger partial charge on any atom is 0.410 e. The Morgan fingerprint density at radius 1 is 1.38 bits per heavy atom. The molecule has 1 N–H and O–H groups in total. The Kier molecular flexibility index (Phi) is 6.18. The van der Waals surface area contributed by atoms with Crippen molar-refractivity contribution in [3.63, 3.8) is 0 Å². The molecule has 0 bridgehead atoms. The van der Waals surface area contributed by atoms with Crippen molar-refractivity contribution in [1.82, 2.24) is 10.2 Å². The summed E-state index contributed by atoms with van der Waals surface area (Å²) in [6.07, 6.45) is -0.520. The lowest BCUT2D eigenvalue weighted by atomic mass is 10.2. The van der Waals surface area contributed by atoms with Gasteiger partial charge < -0.3 is 15.0 Å². The minimum absolute atomic E-state index is 0.0359. The number of nitrogens with one attached hydrogen (secondary N) is 1. The molecule has 0 heterocycles. The van der Waals surface area contributed by atoms with Crippen molar-refractivity contribution in [2.24, 2.45) is 0 Å². The Labute approximate surface area is 101 Å². The normalized spacial score (nSPS) is 10.8. The summed E-state index contributed by atoms with van der Waals surface area (Å²) in [5.41, 5.74) is -0.558. The van der Waals surface area contributed by atoms with Gasteiger partial charge in [0.15, 0.2) is 0 Å². The van der Waals surface area contributed by atoms with E-state index in [1.54, 1.807) is 20.8 Å². The molecule has 6 heteroatoms. The van der Waals surface area contributed by atoms with Crippen LogP contribution in [0.3, 0.4) is 0 Å². The highest BCUT2D eigenvalue weighted by Crippen LogP contribution is 2.08. The van der Waals surface area contributed by atoms with E-state index in [0.29, 0.717) is 12.4 Å². The van der Waals surface area contributed by atoms with Crippen molar-refractivity contribution in [1.29, 1.82) is 0 Å².